The fraction of sp³-hybridized carbons (Fsp3) is 0.250. The molecule has 0 saturated carbocycles. The van der Waals surface area contributed by atoms with E-state index in [4.69, 9.17) is 32.7 Å². The van der Waals surface area contributed by atoms with E-state index in [0.717, 1.165) is 5.56 Å². The summed E-state index contributed by atoms with van der Waals surface area (Å²) in [5.41, 5.74) is 3.67. The Bertz CT molecular complexity index is 917. The molecule has 2 aromatic rings. The van der Waals surface area contributed by atoms with Crippen LogP contribution < -0.4 is 20.2 Å². The lowest BCUT2D eigenvalue weighted by atomic mass is 10.2. The van der Waals surface area contributed by atoms with Crippen molar-refractivity contribution in [1.82, 2.24) is 10.7 Å². The third-order valence-electron chi connectivity index (χ3n) is 3.57. The van der Waals surface area contributed by atoms with Crippen LogP contribution in [0, 0.1) is 0 Å². The summed E-state index contributed by atoms with van der Waals surface area (Å²) in [7, 11) is 1.51. The molecule has 2 N–H and O–H groups in total. The molecule has 9 heteroatoms. The number of carbonyl (C=O) groups is 2. The molecule has 0 radical (unpaired) electrons. The van der Waals surface area contributed by atoms with Crippen LogP contribution in [0.2, 0.25) is 10.0 Å². The summed E-state index contributed by atoms with van der Waals surface area (Å²) in [5, 5.41) is 7.18. The molecule has 29 heavy (non-hydrogen) atoms. The normalized spacial score (nSPS) is 10.8. The van der Waals surface area contributed by atoms with Gasteiger partial charge in [0.05, 0.1) is 23.4 Å². The smallest absolute Gasteiger partial charge is 0.329 e. The molecule has 0 atom stereocenters. The SMILES string of the molecule is COc1cc(/C=N\NC(=O)C(=O)NC(C)C)ccc1OCc1ccc(Cl)c(Cl)c1. The van der Waals surface area contributed by atoms with Gasteiger partial charge in [-0.1, -0.05) is 29.3 Å². The Labute approximate surface area is 179 Å². The molecule has 0 aromatic heterocycles. The molecule has 0 saturated heterocycles. The number of ether oxygens (including phenoxy) is 2. The average molecular weight is 438 g/mol. The fourth-order valence-corrected chi connectivity index (χ4v) is 2.54. The molecule has 0 heterocycles. The molecule has 0 unspecified atom stereocenters. The van der Waals surface area contributed by atoms with Gasteiger partial charge in [0.2, 0.25) is 0 Å². The van der Waals surface area contributed by atoms with Crippen LogP contribution >= 0.6 is 23.2 Å². The maximum atomic E-state index is 11.6. The number of benzene rings is 2. The monoisotopic (exact) mass is 437 g/mol. The second-order valence-electron chi connectivity index (χ2n) is 6.27. The van der Waals surface area contributed by atoms with E-state index < -0.39 is 11.8 Å². The van der Waals surface area contributed by atoms with Crippen molar-refractivity contribution >= 4 is 41.2 Å². The molecule has 154 valence electrons. The van der Waals surface area contributed by atoms with Gasteiger partial charge in [-0.2, -0.15) is 5.10 Å². The summed E-state index contributed by atoms with van der Waals surface area (Å²) in [6, 6.07) is 10.2. The van der Waals surface area contributed by atoms with Crippen LogP contribution in [-0.4, -0.2) is 31.2 Å². The average Bonchev–Trinajstić information content (AvgIpc) is 2.68. The standard InChI is InChI=1S/C20H21Cl2N3O4/c1-12(2)24-19(26)20(27)25-23-10-13-5-7-17(18(9-13)28-3)29-11-14-4-6-15(21)16(22)8-14/h4-10,12H,11H2,1-3H3,(H,24,26)(H,25,27)/b23-10-. The lowest BCUT2D eigenvalue weighted by molar-refractivity contribution is -0.139. The van der Waals surface area contributed by atoms with Gasteiger partial charge in [-0.25, -0.2) is 5.43 Å². The van der Waals surface area contributed by atoms with Gasteiger partial charge in [0.1, 0.15) is 6.61 Å². The topological polar surface area (TPSA) is 89.0 Å². The quantitative estimate of drug-likeness (QED) is 0.393. The van der Waals surface area contributed by atoms with Gasteiger partial charge in [-0.3, -0.25) is 9.59 Å². The van der Waals surface area contributed by atoms with Gasteiger partial charge in [0, 0.05) is 6.04 Å². The summed E-state index contributed by atoms with van der Waals surface area (Å²) in [6.07, 6.45) is 1.39. The number of nitrogens with zero attached hydrogens (tertiary/aromatic N) is 1. The van der Waals surface area contributed by atoms with Crippen LogP contribution in [0.5, 0.6) is 11.5 Å². The van der Waals surface area contributed by atoms with Crippen LogP contribution in [0.15, 0.2) is 41.5 Å². The van der Waals surface area contributed by atoms with E-state index in [2.05, 4.69) is 15.8 Å². The van der Waals surface area contributed by atoms with E-state index in [9.17, 15) is 9.59 Å². The highest BCUT2D eigenvalue weighted by Gasteiger charge is 2.13. The summed E-state index contributed by atoms with van der Waals surface area (Å²) in [6.45, 7) is 3.79. The Hall–Kier alpha value is -2.77. The summed E-state index contributed by atoms with van der Waals surface area (Å²) < 4.78 is 11.1. The second-order valence-corrected chi connectivity index (χ2v) is 7.09. The zero-order valence-electron chi connectivity index (χ0n) is 16.2. The maximum absolute atomic E-state index is 11.6. The number of nitrogens with one attached hydrogen (secondary N) is 2. The summed E-state index contributed by atoms with van der Waals surface area (Å²) in [4.78, 5) is 23.1. The van der Waals surface area contributed by atoms with Crippen molar-refractivity contribution in [2.24, 2.45) is 5.10 Å². The minimum absolute atomic E-state index is 0.141. The van der Waals surface area contributed by atoms with E-state index >= 15 is 0 Å². The van der Waals surface area contributed by atoms with Crippen molar-refractivity contribution in [2.45, 2.75) is 26.5 Å². The molecule has 0 aliphatic carbocycles. The molecule has 2 aromatic carbocycles. The lowest BCUT2D eigenvalue weighted by Crippen LogP contribution is -2.41. The van der Waals surface area contributed by atoms with Crippen LogP contribution in [0.4, 0.5) is 0 Å². The van der Waals surface area contributed by atoms with Crippen molar-refractivity contribution in [3.63, 3.8) is 0 Å². The van der Waals surface area contributed by atoms with Gasteiger partial charge >= 0.3 is 11.8 Å². The predicted octanol–water partition coefficient (Wildman–Crippen LogP) is 3.56. The van der Waals surface area contributed by atoms with Crippen LogP contribution in [-0.2, 0) is 16.2 Å². The Kier molecular flexibility index (Phi) is 8.30. The second kappa shape index (κ2) is 10.7. The predicted molar refractivity (Wildman–Crippen MR) is 113 cm³/mol. The zero-order chi connectivity index (χ0) is 21.4. The third kappa shape index (κ3) is 6.96. The molecule has 2 rings (SSSR count). The minimum Gasteiger partial charge on any atom is -0.493 e. The summed E-state index contributed by atoms with van der Waals surface area (Å²) >= 11 is 11.9. The van der Waals surface area contributed by atoms with Crippen molar-refractivity contribution in [2.75, 3.05) is 7.11 Å². The number of methoxy groups -OCH3 is 1. The highest BCUT2D eigenvalue weighted by atomic mass is 35.5. The van der Waals surface area contributed by atoms with Crippen LogP contribution in [0.3, 0.4) is 0 Å². The molecule has 0 aliphatic heterocycles. The Balaban J connectivity index is 1.99. The van der Waals surface area contributed by atoms with Crippen LogP contribution in [0.1, 0.15) is 25.0 Å². The van der Waals surface area contributed by atoms with E-state index in [1.807, 2.05) is 6.07 Å². The number of halogens is 2. The Morgan fingerprint density at radius 1 is 1.07 bits per heavy atom. The first-order valence-corrected chi connectivity index (χ1v) is 9.44. The van der Waals surface area contributed by atoms with Crippen molar-refractivity contribution in [3.8, 4) is 11.5 Å². The maximum Gasteiger partial charge on any atom is 0.329 e. The molecular weight excluding hydrogens is 417 g/mol. The van der Waals surface area contributed by atoms with Gasteiger partial charge in [0.25, 0.3) is 0 Å². The van der Waals surface area contributed by atoms with E-state index in [1.165, 1.54) is 13.3 Å². The Morgan fingerprint density at radius 3 is 2.48 bits per heavy atom. The number of amides is 2. The van der Waals surface area contributed by atoms with Gasteiger partial charge in [-0.15, -0.1) is 0 Å². The van der Waals surface area contributed by atoms with E-state index in [0.29, 0.717) is 27.1 Å². The number of carbonyl (C=O) groups excluding carboxylic acids is 2. The first kappa shape index (κ1) is 22.5. The molecule has 0 spiro atoms. The van der Waals surface area contributed by atoms with E-state index in [-0.39, 0.29) is 12.6 Å². The van der Waals surface area contributed by atoms with Crippen molar-refractivity contribution in [1.29, 1.82) is 0 Å². The Morgan fingerprint density at radius 2 is 1.83 bits per heavy atom. The lowest BCUT2D eigenvalue weighted by Gasteiger charge is -2.12. The molecule has 0 aliphatic rings. The minimum atomic E-state index is -0.844. The first-order chi connectivity index (χ1) is 13.8. The largest absolute Gasteiger partial charge is 0.493 e. The number of hydrogen-bond acceptors (Lipinski definition) is 5. The third-order valence-corrected chi connectivity index (χ3v) is 4.31. The number of rotatable bonds is 7. The van der Waals surface area contributed by atoms with Crippen molar-refractivity contribution in [3.05, 3.63) is 57.6 Å². The molecule has 0 fully saturated rings. The first-order valence-electron chi connectivity index (χ1n) is 8.68. The highest BCUT2D eigenvalue weighted by Crippen LogP contribution is 2.29. The number of hydrogen-bond donors (Lipinski definition) is 2. The molecule has 7 nitrogen and oxygen atoms in total. The van der Waals surface area contributed by atoms with Crippen molar-refractivity contribution < 1.29 is 19.1 Å². The van der Waals surface area contributed by atoms with Gasteiger partial charge < -0.3 is 14.8 Å². The number of hydrazone groups is 1. The molecular formula is C20H21Cl2N3O4. The van der Waals surface area contributed by atoms with Gasteiger partial charge in [-0.05, 0) is 55.3 Å². The zero-order valence-corrected chi connectivity index (χ0v) is 17.7. The van der Waals surface area contributed by atoms with Gasteiger partial charge in [0.15, 0.2) is 11.5 Å². The highest BCUT2D eigenvalue weighted by molar-refractivity contribution is 6.42. The fourth-order valence-electron chi connectivity index (χ4n) is 2.22. The molecule has 2 amide bonds. The molecule has 0 bridgehead atoms. The summed E-state index contributed by atoms with van der Waals surface area (Å²) in [5.74, 6) is -0.585. The van der Waals surface area contributed by atoms with Crippen LogP contribution in [0.25, 0.3) is 0 Å². The van der Waals surface area contributed by atoms with E-state index in [1.54, 1.807) is 44.2 Å².